The standard InChI is InChI=1S/C13H15N7O/c1-2-3-4-5-20-7-9(18-19-20)8-6-15-11-10(8)12(21)17-13(14)16-11/h6-7H,2-5H2,1H3,(H2,14,17,21). The minimum atomic E-state index is -0.377. The van der Waals surface area contributed by atoms with Gasteiger partial charge in [0.25, 0.3) is 5.91 Å². The van der Waals surface area contributed by atoms with Gasteiger partial charge in [0.2, 0.25) is 5.96 Å². The second-order valence-electron chi connectivity index (χ2n) is 4.86. The number of amidine groups is 1. The smallest absolute Gasteiger partial charge is 0.262 e. The molecule has 0 fully saturated rings. The average molecular weight is 285 g/mol. The third kappa shape index (κ3) is 2.51. The Hall–Kier alpha value is -2.64. The number of aromatic nitrogens is 3. The summed E-state index contributed by atoms with van der Waals surface area (Å²) in [6.07, 6.45) is 6.69. The van der Waals surface area contributed by atoms with Crippen molar-refractivity contribution in [3.63, 3.8) is 0 Å². The Morgan fingerprint density at radius 2 is 2.24 bits per heavy atom. The van der Waals surface area contributed by atoms with Gasteiger partial charge >= 0.3 is 0 Å². The SMILES string of the molecule is CCCCCn1cc(C2=C3C(=O)NC(=N)N=C3N=C2)nn1. The Labute approximate surface area is 121 Å². The fraction of sp³-hybridized carbons (Fsp3) is 0.385. The summed E-state index contributed by atoms with van der Waals surface area (Å²) in [5, 5.41) is 17.9. The summed E-state index contributed by atoms with van der Waals surface area (Å²) in [6, 6.07) is 0. The number of carbonyl (C=O) groups excluding carboxylic acids is 1. The van der Waals surface area contributed by atoms with E-state index in [0.29, 0.717) is 16.8 Å². The van der Waals surface area contributed by atoms with Gasteiger partial charge in [-0.25, -0.2) is 4.99 Å². The lowest BCUT2D eigenvalue weighted by Crippen LogP contribution is -2.36. The van der Waals surface area contributed by atoms with Crippen molar-refractivity contribution in [1.82, 2.24) is 20.3 Å². The number of guanidine groups is 1. The van der Waals surface area contributed by atoms with E-state index in [4.69, 9.17) is 5.41 Å². The van der Waals surface area contributed by atoms with Gasteiger partial charge in [0.05, 0.1) is 11.8 Å². The predicted octanol–water partition coefficient (Wildman–Crippen LogP) is 0.769. The monoisotopic (exact) mass is 285 g/mol. The number of aryl methyl sites for hydroxylation is 1. The van der Waals surface area contributed by atoms with Crippen molar-refractivity contribution in [3.05, 3.63) is 17.5 Å². The van der Waals surface area contributed by atoms with Crippen LogP contribution in [-0.2, 0) is 11.3 Å². The molecular weight excluding hydrogens is 270 g/mol. The van der Waals surface area contributed by atoms with Crippen LogP contribution < -0.4 is 5.32 Å². The Balaban J connectivity index is 1.87. The molecule has 21 heavy (non-hydrogen) atoms. The fourth-order valence-electron chi connectivity index (χ4n) is 2.24. The molecule has 8 heteroatoms. The van der Waals surface area contributed by atoms with Gasteiger partial charge < -0.3 is 0 Å². The van der Waals surface area contributed by atoms with E-state index in [0.717, 1.165) is 25.8 Å². The molecule has 0 bridgehead atoms. The van der Waals surface area contributed by atoms with Gasteiger partial charge in [-0.05, 0) is 6.42 Å². The molecule has 3 heterocycles. The van der Waals surface area contributed by atoms with E-state index in [1.807, 2.05) is 0 Å². The Bertz CT molecular complexity index is 695. The molecule has 0 radical (unpaired) electrons. The van der Waals surface area contributed by atoms with Crippen LogP contribution in [0.15, 0.2) is 21.8 Å². The van der Waals surface area contributed by atoms with Crippen LogP contribution >= 0.6 is 0 Å². The highest BCUT2D eigenvalue weighted by Crippen LogP contribution is 2.23. The number of allylic oxidation sites excluding steroid dienone is 1. The van der Waals surface area contributed by atoms with Crippen LogP contribution in [0, 0.1) is 5.41 Å². The van der Waals surface area contributed by atoms with Gasteiger partial charge in [0, 0.05) is 18.3 Å². The van der Waals surface area contributed by atoms with Crippen LogP contribution in [0.5, 0.6) is 0 Å². The summed E-state index contributed by atoms with van der Waals surface area (Å²) in [7, 11) is 0. The van der Waals surface area contributed by atoms with Crippen LogP contribution in [0.3, 0.4) is 0 Å². The number of unbranched alkanes of at least 4 members (excludes halogenated alkanes) is 2. The molecule has 2 aliphatic heterocycles. The van der Waals surface area contributed by atoms with Gasteiger partial charge in [0.15, 0.2) is 5.84 Å². The normalized spacial score (nSPS) is 17.1. The number of amides is 1. The third-order valence-corrected chi connectivity index (χ3v) is 3.29. The fourth-order valence-corrected chi connectivity index (χ4v) is 2.24. The minimum Gasteiger partial charge on any atom is -0.291 e. The highest BCUT2D eigenvalue weighted by Gasteiger charge is 2.30. The van der Waals surface area contributed by atoms with E-state index in [1.54, 1.807) is 17.1 Å². The van der Waals surface area contributed by atoms with Crippen LogP contribution in [0.25, 0.3) is 5.57 Å². The van der Waals surface area contributed by atoms with Gasteiger partial charge in [-0.3, -0.25) is 20.2 Å². The first-order valence-corrected chi connectivity index (χ1v) is 6.87. The zero-order chi connectivity index (χ0) is 14.8. The second-order valence-corrected chi connectivity index (χ2v) is 4.86. The van der Waals surface area contributed by atoms with E-state index in [2.05, 4.69) is 32.5 Å². The maximum absolute atomic E-state index is 12.0. The van der Waals surface area contributed by atoms with Gasteiger partial charge in [-0.15, -0.1) is 5.10 Å². The van der Waals surface area contributed by atoms with Gasteiger partial charge in [-0.1, -0.05) is 25.0 Å². The first-order valence-electron chi connectivity index (χ1n) is 6.87. The Morgan fingerprint density at radius 1 is 1.38 bits per heavy atom. The molecule has 0 atom stereocenters. The summed E-state index contributed by atoms with van der Waals surface area (Å²) in [4.78, 5) is 19.9. The number of hydrogen-bond donors (Lipinski definition) is 2. The molecule has 0 saturated carbocycles. The second kappa shape index (κ2) is 5.39. The molecule has 8 nitrogen and oxygen atoms in total. The van der Waals surface area contributed by atoms with Crippen molar-refractivity contribution in [3.8, 4) is 0 Å². The van der Waals surface area contributed by atoms with E-state index in [-0.39, 0.29) is 17.7 Å². The topological polar surface area (TPSA) is 108 Å². The van der Waals surface area contributed by atoms with E-state index < -0.39 is 0 Å². The van der Waals surface area contributed by atoms with Crippen LogP contribution in [-0.4, -0.2) is 38.9 Å². The van der Waals surface area contributed by atoms with E-state index in [9.17, 15) is 4.79 Å². The molecule has 1 aromatic rings. The lowest BCUT2D eigenvalue weighted by atomic mass is 10.1. The van der Waals surface area contributed by atoms with Crippen molar-refractivity contribution in [2.45, 2.75) is 32.7 Å². The van der Waals surface area contributed by atoms with Crippen molar-refractivity contribution < 1.29 is 4.79 Å². The molecule has 3 rings (SSSR count). The molecule has 2 aliphatic rings. The lowest BCUT2D eigenvalue weighted by Gasteiger charge is -2.11. The Morgan fingerprint density at radius 3 is 3.05 bits per heavy atom. The van der Waals surface area contributed by atoms with Crippen molar-refractivity contribution in [2.75, 3.05) is 0 Å². The predicted molar refractivity (Wildman–Crippen MR) is 78.3 cm³/mol. The van der Waals surface area contributed by atoms with Crippen molar-refractivity contribution in [1.29, 1.82) is 5.41 Å². The van der Waals surface area contributed by atoms with E-state index in [1.165, 1.54) is 0 Å². The van der Waals surface area contributed by atoms with Crippen molar-refractivity contribution in [2.24, 2.45) is 9.98 Å². The first kappa shape index (κ1) is 13.3. The summed E-state index contributed by atoms with van der Waals surface area (Å²) >= 11 is 0. The largest absolute Gasteiger partial charge is 0.291 e. The maximum atomic E-state index is 12.0. The zero-order valence-corrected chi connectivity index (χ0v) is 11.6. The Kier molecular flexibility index (Phi) is 3.43. The number of aliphatic imine (C=N–C) groups is 2. The summed E-state index contributed by atoms with van der Waals surface area (Å²) in [5.74, 6) is -0.308. The number of nitrogens with one attached hydrogen (secondary N) is 2. The highest BCUT2D eigenvalue weighted by molar-refractivity contribution is 6.42. The maximum Gasteiger partial charge on any atom is 0.262 e. The number of nitrogens with zero attached hydrogens (tertiary/aromatic N) is 5. The van der Waals surface area contributed by atoms with Gasteiger partial charge in [0.1, 0.15) is 5.69 Å². The zero-order valence-electron chi connectivity index (χ0n) is 11.6. The molecular formula is C13H15N7O. The molecule has 1 amide bonds. The van der Waals surface area contributed by atoms with Gasteiger partial charge in [-0.2, -0.15) is 4.99 Å². The molecule has 1 aromatic heterocycles. The molecule has 0 spiro atoms. The number of hydrogen-bond acceptors (Lipinski definition) is 5. The molecule has 0 aromatic carbocycles. The summed E-state index contributed by atoms with van der Waals surface area (Å²) in [6.45, 7) is 2.95. The van der Waals surface area contributed by atoms with Crippen LogP contribution in [0.4, 0.5) is 0 Å². The number of carbonyl (C=O) groups is 1. The summed E-state index contributed by atoms with van der Waals surface area (Å²) < 4.78 is 1.77. The quantitative estimate of drug-likeness (QED) is 0.780. The third-order valence-electron chi connectivity index (χ3n) is 3.29. The molecule has 0 unspecified atom stereocenters. The van der Waals surface area contributed by atoms with Crippen molar-refractivity contribution >= 4 is 29.5 Å². The van der Waals surface area contributed by atoms with Crippen LogP contribution in [0.2, 0.25) is 0 Å². The number of rotatable bonds is 5. The first-order chi connectivity index (χ1) is 10.2. The van der Waals surface area contributed by atoms with E-state index >= 15 is 0 Å². The molecule has 0 saturated heterocycles. The molecule has 108 valence electrons. The number of fused-ring (bicyclic) bond motifs is 1. The average Bonchev–Trinajstić information content (AvgIpc) is 3.05. The summed E-state index contributed by atoms with van der Waals surface area (Å²) in [5.41, 5.74) is 1.55. The van der Waals surface area contributed by atoms with Crippen LogP contribution in [0.1, 0.15) is 31.9 Å². The lowest BCUT2D eigenvalue weighted by molar-refractivity contribution is -0.115. The molecule has 2 N–H and O–H groups in total. The minimum absolute atomic E-state index is 0.194. The molecule has 0 aliphatic carbocycles. The highest BCUT2D eigenvalue weighted by atomic mass is 16.2.